The molecule has 0 aromatic heterocycles. The summed E-state index contributed by atoms with van der Waals surface area (Å²) in [6.45, 7) is 0. The van der Waals surface area contributed by atoms with Gasteiger partial charge in [0, 0.05) is 15.2 Å². The maximum Gasteiger partial charge on any atom is 0.305 e. The van der Waals surface area contributed by atoms with Crippen molar-refractivity contribution in [2.45, 2.75) is 11.7 Å². The van der Waals surface area contributed by atoms with E-state index in [2.05, 4.69) is 15.5 Å². The van der Waals surface area contributed by atoms with Gasteiger partial charge in [-0.3, -0.25) is 9.59 Å². The molecule has 0 spiro atoms. The third-order valence-electron chi connectivity index (χ3n) is 2.52. The monoisotopic (exact) mass is 439 g/mol. The molecule has 1 atom stereocenters. The summed E-state index contributed by atoms with van der Waals surface area (Å²) in [4.78, 5) is 22.0. The molecule has 1 fully saturated rings. The highest BCUT2D eigenvalue weighted by atomic mass is 127. The van der Waals surface area contributed by atoms with Crippen LogP contribution in [0.4, 0.5) is 8.78 Å². The van der Waals surface area contributed by atoms with Gasteiger partial charge in [0.2, 0.25) is 5.91 Å². The maximum atomic E-state index is 13.5. The molecular weight excluding hydrogens is 431 g/mol. The molecule has 2 N–H and O–H groups in total. The number of aliphatic carboxylic acids is 1. The van der Waals surface area contributed by atoms with Crippen molar-refractivity contribution in [2.24, 2.45) is 10.2 Å². The number of carboxylic acid groups (broad SMARTS) is 1. The smallest absolute Gasteiger partial charge is 0.305 e. The molecule has 0 aliphatic carbocycles. The van der Waals surface area contributed by atoms with Crippen LogP contribution in [0.5, 0.6) is 0 Å². The van der Waals surface area contributed by atoms with E-state index in [0.29, 0.717) is 0 Å². The lowest BCUT2D eigenvalue weighted by molar-refractivity contribution is -0.138. The number of carboxylic acids is 1. The summed E-state index contributed by atoms with van der Waals surface area (Å²) in [6, 6.07) is 2.01. The number of carbonyl (C=O) groups excluding carboxylic acids is 1. The number of nitrogens with one attached hydrogen (secondary N) is 1. The second-order valence-electron chi connectivity index (χ2n) is 4.13. The lowest BCUT2D eigenvalue weighted by Gasteiger charge is -1.98. The van der Waals surface area contributed by atoms with E-state index in [1.54, 1.807) is 22.6 Å². The largest absolute Gasteiger partial charge is 0.481 e. The molecule has 22 heavy (non-hydrogen) atoms. The van der Waals surface area contributed by atoms with Gasteiger partial charge in [-0.15, -0.1) is 5.10 Å². The second kappa shape index (κ2) is 7.13. The average Bonchev–Trinajstić information content (AvgIpc) is 2.75. The van der Waals surface area contributed by atoms with E-state index in [-0.39, 0.29) is 20.7 Å². The van der Waals surface area contributed by atoms with Gasteiger partial charge < -0.3 is 10.4 Å². The Bertz CT molecular complexity index is 696. The van der Waals surface area contributed by atoms with Gasteiger partial charge in [-0.05, 0) is 28.7 Å². The molecule has 10 heteroatoms. The predicted molar refractivity (Wildman–Crippen MR) is 85.9 cm³/mol. The SMILES string of the molecule is O=C(O)CC1SC(=NN=Cc2cc(I)c(F)cc2F)NC1=O. The Morgan fingerprint density at radius 1 is 1.45 bits per heavy atom. The number of rotatable bonds is 4. The number of benzene rings is 1. The first-order valence-electron chi connectivity index (χ1n) is 5.81. The summed E-state index contributed by atoms with van der Waals surface area (Å²) in [6.07, 6.45) is 0.755. The molecule has 1 saturated heterocycles. The Balaban J connectivity index is 2.08. The highest BCUT2D eigenvalue weighted by Gasteiger charge is 2.32. The van der Waals surface area contributed by atoms with Crippen LogP contribution in [0.1, 0.15) is 12.0 Å². The second-order valence-corrected chi connectivity index (χ2v) is 6.48. The Kier molecular flexibility index (Phi) is 5.45. The summed E-state index contributed by atoms with van der Waals surface area (Å²) in [5.41, 5.74) is 0.0477. The van der Waals surface area contributed by atoms with Crippen molar-refractivity contribution < 1.29 is 23.5 Å². The zero-order valence-electron chi connectivity index (χ0n) is 10.7. The Morgan fingerprint density at radius 3 is 2.86 bits per heavy atom. The molecule has 0 saturated carbocycles. The van der Waals surface area contributed by atoms with Crippen molar-refractivity contribution in [3.8, 4) is 0 Å². The maximum absolute atomic E-state index is 13.5. The average molecular weight is 439 g/mol. The van der Waals surface area contributed by atoms with E-state index in [0.717, 1.165) is 24.0 Å². The Morgan fingerprint density at radius 2 is 2.18 bits per heavy atom. The fraction of sp³-hybridized carbons (Fsp3) is 0.167. The Hall–Kier alpha value is -1.56. The van der Waals surface area contributed by atoms with Crippen LogP contribution >= 0.6 is 34.4 Å². The number of hydrogen-bond donors (Lipinski definition) is 2. The van der Waals surface area contributed by atoms with Crippen molar-refractivity contribution in [1.29, 1.82) is 0 Å². The molecule has 116 valence electrons. The predicted octanol–water partition coefficient (Wildman–Crippen LogP) is 1.97. The van der Waals surface area contributed by atoms with E-state index in [1.807, 2.05) is 0 Å². The van der Waals surface area contributed by atoms with E-state index >= 15 is 0 Å². The van der Waals surface area contributed by atoms with Crippen LogP contribution in [0.3, 0.4) is 0 Å². The molecule has 2 rings (SSSR count). The van der Waals surface area contributed by atoms with Crippen LogP contribution in [0.25, 0.3) is 0 Å². The van der Waals surface area contributed by atoms with Crippen LogP contribution in [0, 0.1) is 15.2 Å². The molecule has 1 aromatic rings. The quantitative estimate of drug-likeness (QED) is 0.325. The summed E-state index contributed by atoms with van der Waals surface area (Å²) < 4.78 is 26.8. The molecular formula is C12H8F2IN3O3S. The fourth-order valence-electron chi connectivity index (χ4n) is 1.53. The zero-order chi connectivity index (χ0) is 16.3. The van der Waals surface area contributed by atoms with Gasteiger partial charge in [-0.1, -0.05) is 11.8 Å². The first-order valence-corrected chi connectivity index (χ1v) is 7.77. The highest BCUT2D eigenvalue weighted by molar-refractivity contribution is 14.1. The van der Waals surface area contributed by atoms with Crippen molar-refractivity contribution >= 4 is 57.6 Å². The normalized spacial score (nSPS) is 19.9. The number of halogens is 3. The molecule has 1 aromatic carbocycles. The third-order valence-corrected chi connectivity index (χ3v) is 4.42. The number of hydrogen-bond acceptors (Lipinski definition) is 5. The number of carbonyl (C=O) groups is 2. The highest BCUT2D eigenvalue weighted by Crippen LogP contribution is 2.22. The lowest BCUT2D eigenvalue weighted by Crippen LogP contribution is -2.26. The van der Waals surface area contributed by atoms with Gasteiger partial charge in [-0.2, -0.15) is 5.10 Å². The standard InChI is InChI=1S/C12H8F2IN3O3S/c13-6-2-7(14)8(15)1-5(6)4-16-18-12-17-11(21)9(22-12)3-10(19)20/h1-2,4,9H,3H2,(H,19,20)(H,17,18,21). The van der Waals surface area contributed by atoms with Crippen molar-refractivity contribution in [2.75, 3.05) is 0 Å². The Labute approximate surface area is 141 Å². The van der Waals surface area contributed by atoms with Crippen LogP contribution in [-0.4, -0.2) is 33.6 Å². The minimum atomic E-state index is -1.10. The minimum Gasteiger partial charge on any atom is -0.481 e. The summed E-state index contributed by atoms with van der Waals surface area (Å²) >= 11 is 2.65. The third kappa shape index (κ3) is 4.22. The summed E-state index contributed by atoms with van der Waals surface area (Å²) in [5, 5.41) is 17.7. The zero-order valence-corrected chi connectivity index (χ0v) is 13.7. The van der Waals surface area contributed by atoms with E-state index in [9.17, 15) is 18.4 Å². The van der Waals surface area contributed by atoms with Gasteiger partial charge >= 0.3 is 5.97 Å². The van der Waals surface area contributed by atoms with Crippen LogP contribution in [0.15, 0.2) is 22.3 Å². The number of nitrogens with zero attached hydrogens (tertiary/aromatic N) is 2. The van der Waals surface area contributed by atoms with E-state index in [1.165, 1.54) is 6.07 Å². The van der Waals surface area contributed by atoms with Crippen LogP contribution in [0.2, 0.25) is 0 Å². The molecule has 1 unspecified atom stereocenters. The molecule has 1 aliphatic rings. The topological polar surface area (TPSA) is 91.1 Å². The van der Waals surface area contributed by atoms with Gasteiger partial charge in [-0.25, -0.2) is 8.78 Å². The minimum absolute atomic E-state index is 0.0477. The van der Waals surface area contributed by atoms with Gasteiger partial charge in [0.05, 0.1) is 12.6 Å². The fourth-order valence-corrected chi connectivity index (χ4v) is 2.93. The molecule has 0 bridgehead atoms. The van der Waals surface area contributed by atoms with Gasteiger partial charge in [0.15, 0.2) is 5.17 Å². The van der Waals surface area contributed by atoms with Crippen LogP contribution in [-0.2, 0) is 9.59 Å². The van der Waals surface area contributed by atoms with Crippen LogP contribution < -0.4 is 5.32 Å². The van der Waals surface area contributed by atoms with Crippen molar-refractivity contribution in [3.63, 3.8) is 0 Å². The number of thioether (sulfide) groups is 1. The van der Waals surface area contributed by atoms with E-state index in [4.69, 9.17) is 5.11 Å². The molecule has 6 nitrogen and oxygen atoms in total. The van der Waals surface area contributed by atoms with Crippen molar-refractivity contribution in [1.82, 2.24) is 5.32 Å². The van der Waals surface area contributed by atoms with Gasteiger partial charge in [0.1, 0.15) is 16.9 Å². The molecule has 1 amide bonds. The number of amidine groups is 1. The molecule has 1 heterocycles. The van der Waals surface area contributed by atoms with Gasteiger partial charge in [0.25, 0.3) is 0 Å². The lowest BCUT2D eigenvalue weighted by atomic mass is 10.2. The molecule has 0 radical (unpaired) electrons. The number of amides is 1. The van der Waals surface area contributed by atoms with Crippen molar-refractivity contribution in [3.05, 3.63) is 32.9 Å². The first kappa shape index (κ1) is 16.8. The summed E-state index contributed by atoms with van der Waals surface area (Å²) in [7, 11) is 0. The summed E-state index contributed by atoms with van der Waals surface area (Å²) in [5.74, 6) is -3.02. The first-order chi connectivity index (χ1) is 10.4. The molecule has 1 aliphatic heterocycles. The van der Waals surface area contributed by atoms with E-state index < -0.39 is 28.8 Å².